The minimum Gasteiger partial charge on any atom is -0.476 e. The van der Waals surface area contributed by atoms with Crippen LogP contribution < -0.4 is 0 Å². The number of fused-ring (bicyclic) bond motifs is 1. The third-order valence-electron chi connectivity index (χ3n) is 4.86. The van der Waals surface area contributed by atoms with E-state index in [0.29, 0.717) is 29.8 Å². The Morgan fingerprint density at radius 2 is 1.96 bits per heavy atom. The average molecular weight is 362 g/mol. The van der Waals surface area contributed by atoms with Crippen LogP contribution >= 0.6 is 0 Å². The van der Waals surface area contributed by atoms with Gasteiger partial charge in [-0.25, -0.2) is 4.79 Å². The van der Waals surface area contributed by atoms with Crippen LogP contribution in [0.2, 0.25) is 0 Å². The molecular weight excluding hydrogens is 344 g/mol. The Morgan fingerprint density at radius 1 is 1.19 bits per heavy atom. The molecule has 0 saturated heterocycles. The van der Waals surface area contributed by atoms with Gasteiger partial charge in [0.1, 0.15) is 0 Å². The number of H-pyrrole nitrogens is 1. The molecule has 4 rings (SSSR count). The summed E-state index contributed by atoms with van der Waals surface area (Å²) in [6.45, 7) is 2.53. The van der Waals surface area contributed by atoms with Crippen LogP contribution in [0.15, 0.2) is 42.6 Å². The van der Waals surface area contributed by atoms with Crippen molar-refractivity contribution in [1.29, 1.82) is 0 Å². The average Bonchev–Trinajstić information content (AvgIpc) is 3.11. The number of aryl methyl sites for hydroxylation is 1. The monoisotopic (exact) mass is 362 g/mol. The summed E-state index contributed by atoms with van der Waals surface area (Å²) in [6.07, 6.45) is 2.24. The van der Waals surface area contributed by atoms with Crippen molar-refractivity contribution in [3.63, 3.8) is 0 Å². The second-order valence-electron chi connectivity index (χ2n) is 6.50. The van der Waals surface area contributed by atoms with E-state index in [1.807, 2.05) is 43.3 Å². The van der Waals surface area contributed by atoms with Gasteiger partial charge in [-0.15, -0.1) is 0 Å². The number of carboxylic acids is 1. The quantitative estimate of drug-likeness (QED) is 0.746. The third-order valence-corrected chi connectivity index (χ3v) is 4.86. The zero-order chi connectivity index (χ0) is 19.0. The van der Waals surface area contributed by atoms with Gasteiger partial charge in [0, 0.05) is 30.4 Å². The van der Waals surface area contributed by atoms with Crippen molar-refractivity contribution in [2.45, 2.75) is 19.9 Å². The molecule has 1 aliphatic rings. The number of benzene rings is 1. The first-order chi connectivity index (χ1) is 13.1. The summed E-state index contributed by atoms with van der Waals surface area (Å²) in [7, 11) is 0. The van der Waals surface area contributed by atoms with Crippen LogP contribution in [0.3, 0.4) is 0 Å². The SMILES string of the molecule is Cc1nccc(-c2ccccc2)c1C(=O)N1CCc2[nH]nc(C(=O)O)c2C1. The number of nitrogens with zero attached hydrogens (tertiary/aromatic N) is 3. The largest absolute Gasteiger partial charge is 0.476 e. The number of aromatic nitrogens is 3. The zero-order valence-corrected chi connectivity index (χ0v) is 14.8. The molecule has 0 atom stereocenters. The lowest BCUT2D eigenvalue weighted by Crippen LogP contribution is -2.37. The Hall–Kier alpha value is -3.48. The number of nitrogens with one attached hydrogen (secondary N) is 1. The third kappa shape index (κ3) is 2.97. The molecule has 0 radical (unpaired) electrons. The number of hydrogen-bond donors (Lipinski definition) is 2. The Balaban J connectivity index is 1.72. The normalized spacial score (nSPS) is 13.3. The van der Waals surface area contributed by atoms with E-state index < -0.39 is 5.97 Å². The van der Waals surface area contributed by atoms with E-state index in [1.54, 1.807) is 11.1 Å². The molecule has 7 heteroatoms. The lowest BCUT2D eigenvalue weighted by atomic mass is 9.97. The fourth-order valence-corrected chi connectivity index (χ4v) is 3.50. The lowest BCUT2D eigenvalue weighted by Gasteiger charge is -2.28. The summed E-state index contributed by atoms with van der Waals surface area (Å²) in [5.41, 5.74) is 4.30. The van der Waals surface area contributed by atoms with Crippen molar-refractivity contribution in [2.75, 3.05) is 6.54 Å². The molecule has 0 bridgehead atoms. The highest BCUT2D eigenvalue weighted by Gasteiger charge is 2.30. The molecule has 0 unspecified atom stereocenters. The minimum atomic E-state index is -1.09. The van der Waals surface area contributed by atoms with Crippen LogP contribution in [0, 0.1) is 6.92 Å². The summed E-state index contributed by atoms with van der Waals surface area (Å²) in [6, 6.07) is 11.5. The Kier molecular flexibility index (Phi) is 4.19. The van der Waals surface area contributed by atoms with Gasteiger partial charge in [0.15, 0.2) is 5.69 Å². The molecule has 1 aliphatic heterocycles. The van der Waals surface area contributed by atoms with E-state index >= 15 is 0 Å². The number of amides is 1. The maximum atomic E-state index is 13.3. The number of hydrogen-bond acceptors (Lipinski definition) is 4. The molecule has 2 N–H and O–H groups in total. The molecule has 0 aliphatic carbocycles. The van der Waals surface area contributed by atoms with Crippen LogP contribution in [0.25, 0.3) is 11.1 Å². The maximum absolute atomic E-state index is 13.3. The number of carbonyl (C=O) groups is 2. The molecule has 7 nitrogen and oxygen atoms in total. The van der Waals surface area contributed by atoms with Gasteiger partial charge in [0.25, 0.3) is 5.91 Å². The maximum Gasteiger partial charge on any atom is 0.356 e. The second-order valence-corrected chi connectivity index (χ2v) is 6.50. The van der Waals surface area contributed by atoms with Crippen LogP contribution in [0.1, 0.15) is 37.8 Å². The summed E-state index contributed by atoms with van der Waals surface area (Å²) in [4.78, 5) is 30.7. The van der Waals surface area contributed by atoms with Crippen molar-refractivity contribution in [3.8, 4) is 11.1 Å². The minimum absolute atomic E-state index is 0.0197. The van der Waals surface area contributed by atoms with Gasteiger partial charge in [-0.1, -0.05) is 30.3 Å². The first-order valence-corrected chi connectivity index (χ1v) is 8.66. The smallest absolute Gasteiger partial charge is 0.356 e. The molecule has 1 amide bonds. The van der Waals surface area contributed by atoms with E-state index in [1.165, 1.54) is 0 Å². The summed E-state index contributed by atoms with van der Waals surface area (Å²) >= 11 is 0. The van der Waals surface area contributed by atoms with Gasteiger partial charge in [0.05, 0.1) is 17.8 Å². The molecule has 3 aromatic rings. The summed E-state index contributed by atoms with van der Waals surface area (Å²) in [5.74, 6) is -1.24. The first-order valence-electron chi connectivity index (χ1n) is 8.66. The first kappa shape index (κ1) is 17.0. The number of pyridine rings is 1. The molecule has 3 heterocycles. The number of carboxylic acid groups (broad SMARTS) is 1. The van der Waals surface area contributed by atoms with Gasteiger partial charge in [-0.2, -0.15) is 5.10 Å². The number of rotatable bonds is 3. The summed E-state index contributed by atoms with van der Waals surface area (Å²) in [5, 5.41) is 16.0. The van der Waals surface area contributed by atoms with Crippen molar-refractivity contribution < 1.29 is 14.7 Å². The number of aromatic amines is 1. The van der Waals surface area contributed by atoms with E-state index in [4.69, 9.17) is 0 Å². The number of carbonyl (C=O) groups excluding carboxylic acids is 1. The van der Waals surface area contributed by atoms with Crippen molar-refractivity contribution in [1.82, 2.24) is 20.1 Å². The van der Waals surface area contributed by atoms with E-state index in [2.05, 4.69) is 15.2 Å². The molecule has 27 heavy (non-hydrogen) atoms. The second kappa shape index (κ2) is 6.68. The molecular formula is C20H18N4O3. The van der Waals surface area contributed by atoms with Gasteiger partial charge >= 0.3 is 5.97 Å². The molecule has 0 spiro atoms. The molecule has 136 valence electrons. The van der Waals surface area contributed by atoms with Gasteiger partial charge in [-0.3, -0.25) is 14.9 Å². The van der Waals surface area contributed by atoms with Crippen LogP contribution in [0.5, 0.6) is 0 Å². The highest BCUT2D eigenvalue weighted by Crippen LogP contribution is 2.28. The fraction of sp³-hybridized carbons (Fsp3) is 0.200. The van der Waals surface area contributed by atoms with Gasteiger partial charge < -0.3 is 10.0 Å². The molecule has 1 aromatic carbocycles. The standard InChI is InChI=1S/C20H18N4O3/c1-12-17(14(7-9-21-12)13-5-3-2-4-6-13)19(25)24-10-8-16-15(11-24)18(20(26)27)23-22-16/h2-7,9H,8,10-11H2,1H3,(H,22,23)(H,26,27). The van der Waals surface area contributed by atoms with Crippen molar-refractivity contribution in [3.05, 3.63) is 70.8 Å². The van der Waals surface area contributed by atoms with Gasteiger partial charge in [0.2, 0.25) is 0 Å². The Bertz CT molecular complexity index is 1030. The predicted molar refractivity (Wildman–Crippen MR) is 98.4 cm³/mol. The Labute approximate surface area is 155 Å². The van der Waals surface area contributed by atoms with Gasteiger partial charge in [-0.05, 0) is 24.1 Å². The number of aromatic carboxylic acids is 1. The van der Waals surface area contributed by atoms with Crippen LogP contribution in [-0.4, -0.2) is 43.6 Å². The zero-order valence-electron chi connectivity index (χ0n) is 14.8. The predicted octanol–water partition coefficient (Wildman–Crippen LogP) is 2.68. The van der Waals surface area contributed by atoms with Crippen molar-refractivity contribution >= 4 is 11.9 Å². The molecule has 2 aromatic heterocycles. The van der Waals surface area contributed by atoms with Crippen LogP contribution in [0.4, 0.5) is 0 Å². The molecule has 0 saturated carbocycles. The van der Waals surface area contributed by atoms with E-state index in [-0.39, 0.29) is 18.1 Å². The Morgan fingerprint density at radius 3 is 2.70 bits per heavy atom. The lowest BCUT2D eigenvalue weighted by molar-refractivity contribution is 0.0674. The molecule has 0 fully saturated rings. The summed E-state index contributed by atoms with van der Waals surface area (Å²) < 4.78 is 0. The highest BCUT2D eigenvalue weighted by atomic mass is 16.4. The van der Waals surface area contributed by atoms with Crippen molar-refractivity contribution in [2.24, 2.45) is 0 Å². The highest BCUT2D eigenvalue weighted by molar-refractivity contribution is 6.02. The fourth-order valence-electron chi connectivity index (χ4n) is 3.50. The van der Waals surface area contributed by atoms with Crippen LogP contribution in [-0.2, 0) is 13.0 Å². The van der Waals surface area contributed by atoms with E-state index in [0.717, 1.165) is 16.8 Å². The topological polar surface area (TPSA) is 99.2 Å². The van der Waals surface area contributed by atoms with E-state index in [9.17, 15) is 14.7 Å².